The molecule has 8 heteroatoms. The van der Waals surface area contributed by atoms with Crippen LogP contribution in [0.2, 0.25) is 0 Å². The molecule has 1 saturated heterocycles. The maximum Gasteiger partial charge on any atom is 0.271 e. The first-order valence-electron chi connectivity index (χ1n) is 14.5. The van der Waals surface area contributed by atoms with E-state index >= 15 is 0 Å². The summed E-state index contributed by atoms with van der Waals surface area (Å²) in [6.07, 6.45) is 5.91. The number of nitrogens with one attached hydrogen (secondary N) is 2. The molecule has 40 heavy (non-hydrogen) atoms. The number of aromatic nitrogens is 1. The van der Waals surface area contributed by atoms with Crippen molar-refractivity contribution in [2.75, 3.05) is 39.4 Å². The highest BCUT2D eigenvalue weighted by Gasteiger charge is 2.34. The Hall–Kier alpha value is -3.49. The Morgan fingerprint density at radius 3 is 2.42 bits per heavy atom. The zero-order chi connectivity index (χ0) is 27.7. The average Bonchev–Trinajstić information content (AvgIpc) is 3.49. The normalized spacial score (nSPS) is 17.3. The van der Waals surface area contributed by atoms with Crippen LogP contribution in [0, 0.1) is 5.82 Å². The van der Waals surface area contributed by atoms with E-state index in [1.54, 1.807) is 23.1 Å². The van der Waals surface area contributed by atoms with Gasteiger partial charge in [-0.15, -0.1) is 0 Å². The van der Waals surface area contributed by atoms with E-state index in [9.17, 15) is 14.0 Å². The van der Waals surface area contributed by atoms with Gasteiger partial charge in [0.25, 0.3) is 5.91 Å². The molecular weight excluding hydrogens is 507 g/mol. The minimum absolute atomic E-state index is 0.0877. The number of H-pyrrole nitrogens is 1. The number of halogens is 1. The summed E-state index contributed by atoms with van der Waals surface area (Å²) in [5.74, 6) is -0.845. The summed E-state index contributed by atoms with van der Waals surface area (Å²) in [6.45, 7) is 4.30. The lowest BCUT2D eigenvalue weighted by Crippen LogP contribution is -2.48. The van der Waals surface area contributed by atoms with Crippen molar-refractivity contribution in [3.05, 3.63) is 83.8 Å². The van der Waals surface area contributed by atoms with E-state index in [0.717, 1.165) is 56.6 Å². The van der Waals surface area contributed by atoms with Gasteiger partial charge in [0.15, 0.2) is 0 Å². The number of hydrogen-bond acceptors (Lipinski definition) is 4. The van der Waals surface area contributed by atoms with Gasteiger partial charge in [0.2, 0.25) is 5.91 Å². The molecule has 0 spiro atoms. The van der Waals surface area contributed by atoms with Gasteiger partial charge in [-0.2, -0.15) is 0 Å². The number of ether oxygens (including phenoxy) is 1. The number of amides is 2. The minimum Gasteiger partial charge on any atom is -0.379 e. The lowest BCUT2D eigenvalue weighted by Gasteiger charge is -2.34. The maximum atomic E-state index is 14.2. The van der Waals surface area contributed by atoms with Crippen LogP contribution < -0.4 is 5.32 Å². The maximum absolute atomic E-state index is 14.2. The van der Waals surface area contributed by atoms with Crippen molar-refractivity contribution in [2.24, 2.45) is 0 Å². The van der Waals surface area contributed by atoms with Crippen LogP contribution in [0.3, 0.4) is 0 Å². The van der Waals surface area contributed by atoms with Gasteiger partial charge < -0.3 is 19.9 Å². The summed E-state index contributed by atoms with van der Waals surface area (Å²) >= 11 is 0. The summed E-state index contributed by atoms with van der Waals surface area (Å²) in [5, 5.41) is 3.23. The molecule has 1 saturated carbocycles. The van der Waals surface area contributed by atoms with Crippen LogP contribution in [-0.4, -0.2) is 72.0 Å². The van der Waals surface area contributed by atoms with Gasteiger partial charge in [-0.3, -0.25) is 14.5 Å². The predicted octanol–water partition coefficient (Wildman–Crippen LogP) is 5.18. The molecule has 1 atom stereocenters. The highest BCUT2D eigenvalue weighted by molar-refractivity contribution is 5.97. The topological polar surface area (TPSA) is 77.7 Å². The number of hydrogen-bond donors (Lipinski definition) is 2. The van der Waals surface area contributed by atoms with Crippen LogP contribution in [0.4, 0.5) is 4.39 Å². The van der Waals surface area contributed by atoms with Gasteiger partial charge in [0.1, 0.15) is 17.6 Å². The Kier molecular flexibility index (Phi) is 9.63. The molecule has 2 aliphatic rings. The number of carbonyl (C=O) groups is 2. The number of morpholine rings is 1. The molecule has 5 rings (SSSR count). The fraction of sp³-hybridized carbons (Fsp3) is 0.438. The summed E-state index contributed by atoms with van der Waals surface area (Å²) in [5.41, 5.74) is 2.83. The molecule has 7 nitrogen and oxygen atoms in total. The summed E-state index contributed by atoms with van der Waals surface area (Å²) in [4.78, 5) is 35.3. The zero-order valence-electron chi connectivity index (χ0n) is 23.0. The van der Waals surface area contributed by atoms with Crippen molar-refractivity contribution in [2.45, 2.75) is 50.6 Å². The molecule has 2 fully saturated rings. The Bertz CT molecular complexity index is 1230. The second-order valence-corrected chi connectivity index (χ2v) is 10.8. The lowest BCUT2D eigenvalue weighted by molar-refractivity contribution is -0.127. The van der Waals surface area contributed by atoms with Crippen LogP contribution >= 0.6 is 0 Å². The molecule has 3 aromatic rings. The minimum atomic E-state index is -0.872. The van der Waals surface area contributed by atoms with E-state index in [1.165, 1.54) is 18.6 Å². The quantitative estimate of drug-likeness (QED) is 0.368. The SMILES string of the molecule is O=C(NC1CCCCC1)C(c1ccc(F)cc1)N(CCCN1CCOCC1)C(=O)c1ccc(-c2ccccc2)[nH]1. The van der Waals surface area contributed by atoms with E-state index in [1.807, 2.05) is 36.4 Å². The van der Waals surface area contributed by atoms with Gasteiger partial charge in [0, 0.05) is 37.9 Å². The van der Waals surface area contributed by atoms with Gasteiger partial charge in [0.05, 0.1) is 13.2 Å². The number of aromatic amines is 1. The number of rotatable bonds is 10. The van der Waals surface area contributed by atoms with Crippen molar-refractivity contribution in [3.63, 3.8) is 0 Å². The Labute approximate surface area is 235 Å². The molecule has 2 N–H and O–H groups in total. The third kappa shape index (κ3) is 7.17. The molecule has 0 bridgehead atoms. The van der Waals surface area contributed by atoms with Gasteiger partial charge >= 0.3 is 0 Å². The third-order valence-corrected chi connectivity index (χ3v) is 7.94. The Balaban J connectivity index is 1.43. The Morgan fingerprint density at radius 1 is 0.975 bits per heavy atom. The van der Waals surface area contributed by atoms with E-state index in [-0.39, 0.29) is 23.7 Å². The number of nitrogens with zero attached hydrogens (tertiary/aromatic N) is 2. The second-order valence-electron chi connectivity index (χ2n) is 10.8. The fourth-order valence-corrected chi connectivity index (χ4v) is 5.74. The summed E-state index contributed by atoms with van der Waals surface area (Å²) in [7, 11) is 0. The predicted molar refractivity (Wildman–Crippen MR) is 153 cm³/mol. The van der Waals surface area contributed by atoms with Crippen molar-refractivity contribution >= 4 is 11.8 Å². The van der Waals surface area contributed by atoms with Crippen molar-refractivity contribution in [1.29, 1.82) is 0 Å². The first kappa shape index (κ1) is 28.1. The second kappa shape index (κ2) is 13.7. The largest absolute Gasteiger partial charge is 0.379 e. The monoisotopic (exact) mass is 546 g/mol. The number of carbonyl (C=O) groups excluding carboxylic acids is 2. The van der Waals surface area contributed by atoms with Crippen LogP contribution in [0.25, 0.3) is 11.3 Å². The van der Waals surface area contributed by atoms with Gasteiger partial charge in [-0.1, -0.05) is 61.7 Å². The molecule has 1 aliphatic carbocycles. The van der Waals surface area contributed by atoms with Crippen LogP contribution in [-0.2, 0) is 9.53 Å². The molecular formula is C32H39FN4O3. The molecule has 1 aromatic heterocycles. The third-order valence-electron chi connectivity index (χ3n) is 7.94. The highest BCUT2D eigenvalue weighted by Crippen LogP contribution is 2.27. The number of benzene rings is 2. The summed E-state index contributed by atoms with van der Waals surface area (Å²) < 4.78 is 19.4. The molecule has 212 valence electrons. The first-order chi connectivity index (χ1) is 19.6. The fourth-order valence-electron chi connectivity index (χ4n) is 5.74. The highest BCUT2D eigenvalue weighted by atomic mass is 19.1. The lowest BCUT2D eigenvalue weighted by atomic mass is 9.94. The average molecular weight is 547 g/mol. The Morgan fingerprint density at radius 2 is 1.70 bits per heavy atom. The van der Waals surface area contributed by atoms with E-state index in [4.69, 9.17) is 4.74 Å². The molecule has 2 aromatic carbocycles. The van der Waals surface area contributed by atoms with Gasteiger partial charge in [-0.05, 0) is 54.7 Å². The molecule has 2 heterocycles. The van der Waals surface area contributed by atoms with E-state index in [2.05, 4.69) is 15.2 Å². The van der Waals surface area contributed by atoms with Crippen molar-refractivity contribution < 1.29 is 18.7 Å². The molecule has 2 amide bonds. The van der Waals surface area contributed by atoms with E-state index in [0.29, 0.717) is 37.4 Å². The summed E-state index contributed by atoms with van der Waals surface area (Å²) in [6, 6.07) is 18.7. The van der Waals surface area contributed by atoms with Gasteiger partial charge in [-0.25, -0.2) is 4.39 Å². The van der Waals surface area contributed by atoms with Crippen molar-refractivity contribution in [1.82, 2.24) is 20.1 Å². The standard InChI is InChI=1S/C32H39FN4O3/c33-26-14-12-25(13-15-26)30(31(38)34-27-10-5-2-6-11-27)37(19-7-18-36-20-22-40-23-21-36)32(39)29-17-16-28(35-29)24-8-3-1-4-9-24/h1,3-4,8-9,12-17,27,30,35H,2,5-7,10-11,18-23H2,(H,34,38). The molecule has 0 radical (unpaired) electrons. The first-order valence-corrected chi connectivity index (χ1v) is 14.5. The smallest absolute Gasteiger partial charge is 0.271 e. The molecule has 1 unspecified atom stereocenters. The van der Waals surface area contributed by atoms with Crippen LogP contribution in [0.1, 0.15) is 60.6 Å². The van der Waals surface area contributed by atoms with Crippen LogP contribution in [0.15, 0.2) is 66.7 Å². The van der Waals surface area contributed by atoms with Crippen molar-refractivity contribution in [3.8, 4) is 11.3 Å². The molecule has 1 aliphatic heterocycles. The van der Waals surface area contributed by atoms with Crippen LogP contribution in [0.5, 0.6) is 0 Å². The zero-order valence-corrected chi connectivity index (χ0v) is 23.0. The van der Waals surface area contributed by atoms with E-state index < -0.39 is 6.04 Å².